The zero-order valence-corrected chi connectivity index (χ0v) is 10.8. The van der Waals surface area contributed by atoms with Crippen molar-refractivity contribution in [2.45, 2.75) is 13.8 Å². The summed E-state index contributed by atoms with van der Waals surface area (Å²) < 4.78 is 1.74. The van der Waals surface area contributed by atoms with E-state index in [0.717, 1.165) is 22.3 Å². The van der Waals surface area contributed by atoms with Crippen LogP contribution in [0.25, 0.3) is 16.9 Å². The molecule has 2 heterocycles. The van der Waals surface area contributed by atoms with Gasteiger partial charge in [-0.25, -0.2) is 4.98 Å². The van der Waals surface area contributed by atoms with Crippen molar-refractivity contribution in [3.05, 3.63) is 58.6 Å². The quantitative estimate of drug-likeness (QED) is 0.646. The second-order valence-corrected chi connectivity index (χ2v) is 4.62. The first kappa shape index (κ1) is 11.6. The minimum atomic E-state index is 0.355. The molecule has 0 N–H and O–H groups in total. The number of hydrogen-bond donors (Lipinski definition) is 0. The first-order valence-corrected chi connectivity index (χ1v) is 6.09. The first-order valence-electron chi connectivity index (χ1n) is 6.09. The molecule has 0 saturated heterocycles. The van der Waals surface area contributed by atoms with Gasteiger partial charge in [-0.3, -0.25) is 4.40 Å². The predicted molar refractivity (Wildman–Crippen MR) is 75.6 cm³/mol. The van der Waals surface area contributed by atoms with E-state index in [4.69, 9.17) is 0 Å². The Balaban J connectivity index is 2.36. The van der Waals surface area contributed by atoms with Crippen molar-refractivity contribution in [3.63, 3.8) is 0 Å². The smallest absolute Gasteiger partial charge is 0.209 e. The van der Waals surface area contributed by atoms with E-state index < -0.39 is 0 Å². The average molecular weight is 251 g/mol. The number of benzene rings is 1. The number of aryl methyl sites for hydroxylation is 2. The van der Waals surface area contributed by atoms with Crippen LogP contribution in [0.2, 0.25) is 0 Å². The van der Waals surface area contributed by atoms with Crippen LogP contribution in [0.4, 0.5) is 5.82 Å². The second kappa shape index (κ2) is 4.31. The normalized spacial score (nSPS) is 10.8. The molecule has 3 rings (SSSR count). The zero-order valence-electron chi connectivity index (χ0n) is 10.8. The van der Waals surface area contributed by atoms with Crippen LogP contribution in [0.3, 0.4) is 0 Å². The molecule has 0 radical (unpaired) electrons. The Morgan fingerprint density at radius 1 is 1.11 bits per heavy atom. The van der Waals surface area contributed by atoms with Gasteiger partial charge in [0.25, 0.3) is 0 Å². The highest BCUT2D eigenvalue weighted by Crippen LogP contribution is 2.32. The van der Waals surface area contributed by atoms with Crippen molar-refractivity contribution in [1.29, 1.82) is 0 Å². The highest BCUT2D eigenvalue weighted by atomic mass is 16.3. The van der Waals surface area contributed by atoms with E-state index in [0.29, 0.717) is 11.5 Å². The summed E-state index contributed by atoms with van der Waals surface area (Å²) in [6, 6.07) is 11.7. The summed E-state index contributed by atoms with van der Waals surface area (Å²) in [6.45, 7) is 3.97. The Kier molecular flexibility index (Phi) is 2.63. The predicted octanol–water partition coefficient (Wildman–Crippen LogP) is 4.02. The summed E-state index contributed by atoms with van der Waals surface area (Å²) in [5, 5.41) is 3.17. The van der Waals surface area contributed by atoms with Crippen LogP contribution in [0.15, 0.2) is 47.8 Å². The number of hydrogen-bond acceptors (Lipinski definition) is 3. The van der Waals surface area contributed by atoms with Crippen molar-refractivity contribution in [2.24, 2.45) is 5.18 Å². The van der Waals surface area contributed by atoms with Gasteiger partial charge in [0.2, 0.25) is 5.82 Å². The first-order chi connectivity index (χ1) is 9.20. The van der Waals surface area contributed by atoms with E-state index in [1.165, 1.54) is 0 Å². The van der Waals surface area contributed by atoms with Crippen molar-refractivity contribution in [1.82, 2.24) is 9.38 Å². The molecule has 0 aliphatic carbocycles. The Morgan fingerprint density at radius 2 is 1.89 bits per heavy atom. The lowest BCUT2D eigenvalue weighted by atomic mass is 10.1. The molecule has 2 aromatic heterocycles. The Bertz CT molecular complexity index is 774. The zero-order chi connectivity index (χ0) is 13.4. The van der Waals surface area contributed by atoms with Crippen LogP contribution in [-0.4, -0.2) is 9.38 Å². The van der Waals surface area contributed by atoms with Crippen molar-refractivity contribution >= 4 is 11.5 Å². The molecule has 0 unspecified atom stereocenters. The molecule has 0 amide bonds. The average Bonchev–Trinajstić information content (AvgIpc) is 2.76. The number of pyridine rings is 1. The number of nitroso groups, excluding NO2 is 1. The van der Waals surface area contributed by atoms with Crippen LogP contribution in [0, 0.1) is 18.8 Å². The van der Waals surface area contributed by atoms with Crippen molar-refractivity contribution < 1.29 is 0 Å². The monoisotopic (exact) mass is 251 g/mol. The third-order valence-electron chi connectivity index (χ3n) is 3.23. The van der Waals surface area contributed by atoms with E-state index in [-0.39, 0.29) is 0 Å². The van der Waals surface area contributed by atoms with E-state index in [1.54, 1.807) is 4.40 Å². The van der Waals surface area contributed by atoms with Crippen molar-refractivity contribution in [2.75, 3.05) is 0 Å². The number of nitrogens with zero attached hydrogens (tertiary/aromatic N) is 3. The Morgan fingerprint density at radius 3 is 2.63 bits per heavy atom. The van der Waals surface area contributed by atoms with E-state index in [9.17, 15) is 4.91 Å². The van der Waals surface area contributed by atoms with E-state index >= 15 is 0 Å². The second-order valence-electron chi connectivity index (χ2n) is 4.62. The molecule has 0 atom stereocenters. The van der Waals surface area contributed by atoms with Gasteiger partial charge in [-0.1, -0.05) is 30.3 Å². The van der Waals surface area contributed by atoms with Crippen LogP contribution < -0.4 is 0 Å². The fraction of sp³-hybridized carbons (Fsp3) is 0.133. The summed E-state index contributed by atoms with van der Waals surface area (Å²) >= 11 is 0. The summed E-state index contributed by atoms with van der Waals surface area (Å²) in [5.41, 5.74) is 4.45. The molecular formula is C15H13N3O. The molecule has 94 valence electrons. The number of fused-ring (bicyclic) bond motifs is 1. The molecular weight excluding hydrogens is 238 g/mol. The highest BCUT2D eigenvalue weighted by molar-refractivity contribution is 5.76. The lowest BCUT2D eigenvalue weighted by Crippen LogP contribution is -1.85. The molecule has 4 nitrogen and oxygen atoms in total. The van der Waals surface area contributed by atoms with Gasteiger partial charge in [0.15, 0.2) is 0 Å². The van der Waals surface area contributed by atoms with Crippen LogP contribution in [-0.2, 0) is 0 Å². The molecule has 3 aromatic rings. The van der Waals surface area contributed by atoms with Gasteiger partial charge in [0.1, 0.15) is 11.3 Å². The van der Waals surface area contributed by atoms with Gasteiger partial charge < -0.3 is 0 Å². The molecule has 0 spiro atoms. The number of aromatic nitrogens is 2. The van der Waals surface area contributed by atoms with E-state index in [2.05, 4.69) is 10.2 Å². The standard InChI is InChI=1S/C15H13N3O/c1-10-7-8-13-16-14(15(17-19)18(13)9-10)12-6-4-3-5-11(12)2/h3-9H,1-2H3. The number of rotatable bonds is 2. The summed E-state index contributed by atoms with van der Waals surface area (Å²) in [5.74, 6) is 0.355. The largest absolute Gasteiger partial charge is 0.281 e. The van der Waals surface area contributed by atoms with Gasteiger partial charge in [-0.2, -0.15) is 0 Å². The minimum absolute atomic E-state index is 0.355. The van der Waals surface area contributed by atoms with Crippen LogP contribution in [0.1, 0.15) is 11.1 Å². The highest BCUT2D eigenvalue weighted by Gasteiger charge is 2.15. The molecule has 0 bridgehead atoms. The fourth-order valence-electron chi connectivity index (χ4n) is 2.24. The maximum absolute atomic E-state index is 11.2. The van der Waals surface area contributed by atoms with Crippen LogP contribution in [0.5, 0.6) is 0 Å². The van der Waals surface area contributed by atoms with Gasteiger partial charge in [-0.15, -0.1) is 4.91 Å². The third-order valence-corrected chi connectivity index (χ3v) is 3.23. The number of imidazole rings is 1. The summed E-state index contributed by atoms with van der Waals surface area (Å²) in [4.78, 5) is 15.7. The van der Waals surface area contributed by atoms with Gasteiger partial charge in [-0.05, 0) is 36.2 Å². The van der Waals surface area contributed by atoms with Gasteiger partial charge >= 0.3 is 0 Å². The maximum atomic E-state index is 11.2. The fourth-order valence-corrected chi connectivity index (χ4v) is 2.24. The molecule has 4 heteroatoms. The van der Waals surface area contributed by atoms with E-state index in [1.807, 2.05) is 56.4 Å². The molecule has 0 aliphatic heterocycles. The molecule has 19 heavy (non-hydrogen) atoms. The lowest BCUT2D eigenvalue weighted by molar-refractivity contribution is 1.14. The lowest BCUT2D eigenvalue weighted by Gasteiger charge is -2.01. The molecule has 0 saturated carbocycles. The molecule has 1 aromatic carbocycles. The topological polar surface area (TPSA) is 46.7 Å². The molecule has 0 aliphatic rings. The summed E-state index contributed by atoms with van der Waals surface area (Å²) in [6.07, 6.45) is 1.88. The maximum Gasteiger partial charge on any atom is 0.209 e. The van der Waals surface area contributed by atoms with Gasteiger partial charge in [0.05, 0.1) is 0 Å². The minimum Gasteiger partial charge on any atom is -0.281 e. The van der Waals surface area contributed by atoms with Gasteiger partial charge in [0, 0.05) is 11.8 Å². The summed E-state index contributed by atoms with van der Waals surface area (Å²) in [7, 11) is 0. The van der Waals surface area contributed by atoms with Crippen LogP contribution >= 0.6 is 0 Å². The third kappa shape index (κ3) is 1.81. The molecule has 0 fully saturated rings. The SMILES string of the molecule is Cc1ccc2nc(-c3ccccc3C)c(N=O)n2c1. The Hall–Kier alpha value is -2.49. The van der Waals surface area contributed by atoms with Crippen molar-refractivity contribution in [3.8, 4) is 11.3 Å². The Labute approximate surface area is 110 Å².